The molecule has 0 aromatic heterocycles. The van der Waals surface area contributed by atoms with Crippen molar-refractivity contribution in [3.63, 3.8) is 0 Å². The summed E-state index contributed by atoms with van der Waals surface area (Å²) in [6.45, 7) is 4.07. The van der Waals surface area contributed by atoms with Crippen molar-refractivity contribution < 1.29 is 9.59 Å². The molecule has 4 nitrogen and oxygen atoms in total. The molecule has 2 amide bonds. The van der Waals surface area contributed by atoms with Gasteiger partial charge in [0.25, 0.3) is 5.91 Å². The fourth-order valence-electron chi connectivity index (χ4n) is 2.79. The Morgan fingerprint density at radius 1 is 1.07 bits per heavy atom. The van der Waals surface area contributed by atoms with E-state index in [1.165, 1.54) is 5.56 Å². The van der Waals surface area contributed by atoms with E-state index < -0.39 is 0 Å². The fraction of sp³-hybridized carbons (Fsp3) is 0.304. The van der Waals surface area contributed by atoms with E-state index in [4.69, 9.17) is 0 Å². The molecule has 27 heavy (non-hydrogen) atoms. The maximum absolute atomic E-state index is 12.5. The van der Waals surface area contributed by atoms with Crippen LogP contribution in [0.3, 0.4) is 0 Å². The summed E-state index contributed by atoms with van der Waals surface area (Å²) in [5.74, 6) is -0.0885. The zero-order valence-electron chi connectivity index (χ0n) is 16.1. The van der Waals surface area contributed by atoms with Crippen LogP contribution in [0.2, 0.25) is 0 Å². The number of hydrogen-bond donors (Lipinski definition) is 1. The second-order valence-corrected chi connectivity index (χ2v) is 7.24. The van der Waals surface area contributed by atoms with Crippen molar-refractivity contribution in [3.8, 4) is 0 Å². The molecule has 1 unspecified atom stereocenters. The molecule has 0 radical (unpaired) electrons. The fourth-order valence-corrected chi connectivity index (χ4v) is 2.79. The number of likely N-dealkylation sites (N-methyl/N-ethyl adjacent to an activating group) is 1. The van der Waals surface area contributed by atoms with Crippen LogP contribution in [0.25, 0.3) is 6.08 Å². The van der Waals surface area contributed by atoms with Gasteiger partial charge in [0, 0.05) is 24.7 Å². The maximum atomic E-state index is 12.5. The standard InChI is InChI=1S/C23H26N2O2/c1-16-4-9-19(10-5-16)17(2)25(3)22(26)15-8-18-6-11-20(12-7-18)23(27)24-21-13-14-21/h4-12,15,17,21H,13-14H2,1-3H3,(H,24,27)/b15-8+. The first-order chi connectivity index (χ1) is 12.9. The third kappa shape index (κ3) is 5.07. The molecule has 0 bridgehead atoms. The average molecular weight is 362 g/mol. The van der Waals surface area contributed by atoms with E-state index in [1.54, 1.807) is 29.2 Å². The summed E-state index contributed by atoms with van der Waals surface area (Å²) >= 11 is 0. The van der Waals surface area contributed by atoms with Gasteiger partial charge < -0.3 is 10.2 Å². The summed E-state index contributed by atoms with van der Waals surface area (Å²) < 4.78 is 0. The lowest BCUT2D eigenvalue weighted by Crippen LogP contribution is -2.27. The first-order valence-electron chi connectivity index (χ1n) is 9.36. The van der Waals surface area contributed by atoms with Crippen LogP contribution in [0, 0.1) is 6.92 Å². The molecule has 2 aromatic rings. The predicted octanol–water partition coefficient (Wildman–Crippen LogP) is 4.12. The number of hydrogen-bond acceptors (Lipinski definition) is 2. The highest BCUT2D eigenvalue weighted by Crippen LogP contribution is 2.20. The monoisotopic (exact) mass is 362 g/mol. The first kappa shape index (κ1) is 18.9. The van der Waals surface area contributed by atoms with Crippen molar-refractivity contribution in [3.05, 3.63) is 76.9 Å². The molecule has 1 aliphatic rings. The number of carbonyl (C=O) groups is 2. The highest BCUT2D eigenvalue weighted by Gasteiger charge is 2.23. The van der Waals surface area contributed by atoms with Crippen LogP contribution in [-0.4, -0.2) is 29.8 Å². The average Bonchev–Trinajstić information content (AvgIpc) is 3.50. The van der Waals surface area contributed by atoms with Gasteiger partial charge in [-0.3, -0.25) is 9.59 Å². The summed E-state index contributed by atoms with van der Waals surface area (Å²) in [6.07, 6.45) is 5.50. The molecule has 0 spiro atoms. The van der Waals surface area contributed by atoms with E-state index in [1.807, 2.05) is 33.0 Å². The number of amides is 2. The molecular formula is C23H26N2O2. The van der Waals surface area contributed by atoms with Crippen molar-refractivity contribution >= 4 is 17.9 Å². The molecule has 3 rings (SSSR count). The van der Waals surface area contributed by atoms with E-state index in [-0.39, 0.29) is 17.9 Å². The van der Waals surface area contributed by atoms with E-state index in [2.05, 4.69) is 29.6 Å². The van der Waals surface area contributed by atoms with Gasteiger partial charge in [-0.2, -0.15) is 0 Å². The lowest BCUT2D eigenvalue weighted by Gasteiger charge is -2.24. The van der Waals surface area contributed by atoms with Gasteiger partial charge in [-0.25, -0.2) is 0 Å². The van der Waals surface area contributed by atoms with E-state index in [0.717, 1.165) is 24.0 Å². The molecule has 2 aromatic carbocycles. The lowest BCUT2D eigenvalue weighted by atomic mass is 10.1. The van der Waals surface area contributed by atoms with Crippen LogP contribution in [0.5, 0.6) is 0 Å². The Morgan fingerprint density at radius 2 is 1.70 bits per heavy atom. The predicted molar refractivity (Wildman–Crippen MR) is 108 cm³/mol. The van der Waals surface area contributed by atoms with Crippen molar-refractivity contribution in [1.29, 1.82) is 0 Å². The van der Waals surface area contributed by atoms with Crippen LogP contribution >= 0.6 is 0 Å². The van der Waals surface area contributed by atoms with Gasteiger partial charge in [-0.15, -0.1) is 0 Å². The van der Waals surface area contributed by atoms with Crippen molar-refractivity contribution in [2.45, 2.75) is 38.8 Å². The van der Waals surface area contributed by atoms with Crippen molar-refractivity contribution in [2.75, 3.05) is 7.05 Å². The number of nitrogens with one attached hydrogen (secondary N) is 1. The van der Waals surface area contributed by atoms with Gasteiger partial charge in [0.15, 0.2) is 0 Å². The normalized spacial score (nSPS) is 14.8. The third-order valence-electron chi connectivity index (χ3n) is 4.99. The minimum atomic E-state index is -0.0568. The zero-order chi connectivity index (χ0) is 19.4. The molecule has 0 aliphatic heterocycles. The molecule has 1 aliphatic carbocycles. The van der Waals surface area contributed by atoms with Gasteiger partial charge in [0.2, 0.25) is 5.91 Å². The molecule has 0 saturated heterocycles. The molecule has 140 valence electrons. The Balaban J connectivity index is 1.59. The molecule has 4 heteroatoms. The Bertz CT molecular complexity index is 834. The second-order valence-electron chi connectivity index (χ2n) is 7.24. The largest absolute Gasteiger partial charge is 0.349 e. The smallest absolute Gasteiger partial charge is 0.251 e. The molecule has 1 saturated carbocycles. The summed E-state index contributed by atoms with van der Waals surface area (Å²) in [4.78, 5) is 26.2. The molecule has 1 N–H and O–H groups in total. The number of nitrogens with zero attached hydrogens (tertiary/aromatic N) is 1. The van der Waals surface area contributed by atoms with Gasteiger partial charge in [0.1, 0.15) is 0 Å². The third-order valence-corrected chi connectivity index (χ3v) is 4.99. The van der Waals surface area contributed by atoms with Crippen LogP contribution in [-0.2, 0) is 4.79 Å². The SMILES string of the molecule is Cc1ccc(C(C)N(C)C(=O)/C=C/c2ccc(C(=O)NC3CC3)cc2)cc1. The number of carbonyl (C=O) groups excluding carboxylic acids is 2. The number of rotatable bonds is 6. The highest BCUT2D eigenvalue weighted by atomic mass is 16.2. The Morgan fingerprint density at radius 3 is 2.30 bits per heavy atom. The topological polar surface area (TPSA) is 49.4 Å². The minimum Gasteiger partial charge on any atom is -0.349 e. The van der Waals surface area contributed by atoms with E-state index in [9.17, 15) is 9.59 Å². The maximum Gasteiger partial charge on any atom is 0.251 e. The summed E-state index contributed by atoms with van der Waals surface area (Å²) in [5, 5.41) is 2.97. The minimum absolute atomic E-state index is 0.00348. The summed E-state index contributed by atoms with van der Waals surface area (Å²) in [5.41, 5.74) is 3.85. The quantitative estimate of drug-likeness (QED) is 0.786. The van der Waals surface area contributed by atoms with Crippen LogP contribution in [0.1, 0.15) is 52.9 Å². The van der Waals surface area contributed by atoms with Gasteiger partial charge in [-0.05, 0) is 56.0 Å². The highest BCUT2D eigenvalue weighted by molar-refractivity contribution is 5.95. The lowest BCUT2D eigenvalue weighted by molar-refractivity contribution is -0.126. The van der Waals surface area contributed by atoms with E-state index in [0.29, 0.717) is 11.6 Å². The number of aryl methyl sites for hydroxylation is 1. The second kappa shape index (κ2) is 8.21. The zero-order valence-corrected chi connectivity index (χ0v) is 16.1. The van der Waals surface area contributed by atoms with Crippen molar-refractivity contribution in [2.24, 2.45) is 0 Å². The van der Waals surface area contributed by atoms with Crippen LogP contribution in [0.15, 0.2) is 54.6 Å². The van der Waals surface area contributed by atoms with Crippen molar-refractivity contribution in [1.82, 2.24) is 10.2 Å². The first-order valence-corrected chi connectivity index (χ1v) is 9.36. The molecular weight excluding hydrogens is 336 g/mol. The van der Waals surface area contributed by atoms with E-state index >= 15 is 0 Å². The van der Waals surface area contributed by atoms with Gasteiger partial charge in [0.05, 0.1) is 6.04 Å². The molecule has 1 fully saturated rings. The summed E-state index contributed by atoms with van der Waals surface area (Å²) in [6, 6.07) is 15.9. The van der Waals surface area contributed by atoms with Crippen LogP contribution < -0.4 is 5.32 Å². The summed E-state index contributed by atoms with van der Waals surface area (Å²) in [7, 11) is 1.81. The number of benzene rings is 2. The Kier molecular flexibility index (Phi) is 5.75. The molecule has 0 heterocycles. The Labute approximate surface area is 160 Å². The van der Waals surface area contributed by atoms with Gasteiger partial charge in [-0.1, -0.05) is 42.0 Å². The molecule has 1 atom stereocenters. The van der Waals surface area contributed by atoms with Crippen LogP contribution in [0.4, 0.5) is 0 Å². The van der Waals surface area contributed by atoms with Gasteiger partial charge >= 0.3 is 0 Å². The Hall–Kier alpha value is -2.88.